The molecule has 19 heavy (non-hydrogen) atoms. The van der Waals surface area contributed by atoms with E-state index < -0.39 is 5.97 Å². The largest absolute Gasteiger partial charge is 0.481 e. The minimum atomic E-state index is -0.700. The summed E-state index contributed by atoms with van der Waals surface area (Å²) in [6.45, 7) is 1.71. The first-order valence-corrected chi connectivity index (χ1v) is 6.49. The summed E-state index contributed by atoms with van der Waals surface area (Å²) in [5, 5.41) is 13.0. The molecule has 1 aliphatic heterocycles. The van der Waals surface area contributed by atoms with Crippen molar-refractivity contribution in [2.45, 2.75) is 19.3 Å². The van der Waals surface area contributed by atoms with E-state index in [2.05, 4.69) is 15.0 Å². The van der Waals surface area contributed by atoms with Crippen LogP contribution in [-0.4, -0.2) is 38.8 Å². The fourth-order valence-electron chi connectivity index (χ4n) is 2.68. The van der Waals surface area contributed by atoms with Gasteiger partial charge in [0.1, 0.15) is 5.52 Å². The molecule has 6 nitrogen and oxygen atoms in total. The Balaban J connectivity index is 1.75. The molecule has 3 heterocycles. The highest BCUT2D eigenvalue weighted by Crippen LogP contribution is 2.26. The van der Waals surface area contributed by atoms with Crippen molar-refractivity contribution >= 4 is 17.3 Å². The number of rotatable bonds is 3. The Hall–Kier alpha value is -2.11. The summed E-state index contributed by atoms with van der Waals surface area (Å²) in [6, 6.07) is 1.95. The molecule has 0 aromatic carbocycles. The van der Waals surface area contributed by atoms with E-state index in [1.54, 1.807) is 12.4 Å². The summed E-state index contributed by atoms with van der Waals surface area (Å²) in [4.78, 5) is 17.4. The standard InChI is InChI=1S/C13H16N4O2/c18-12(19)9-10-2-6-16(7-3-10)13-11-1-4-15-17(11)8-5-14-13/h1,4-5,8,10H,2-3,6-7,9H2,(H,18,19). The van der Waals surface area contributed by atoms with Gasteiger partial charge in [-0.1, -0.05) is 0 Å². The maximum atomic E-state index is 10.7. The third kappa shape index (κ3) is 2.38. The lowest BCUT2D eigenvalue weighted by atomic mass is 9.93. The Morgan fingerprint density at radius 1 is 1.37 bits per heavy atom. The van der Waals surface area contributed by atoms with Crippen molar-refractivity contribution in [3.63, 3.8) is 0 Å². The van der Waals surface area contributed by atoms with Crippen LogP contribution in [0.25, 0.3) is 5.52 Å². The second-order valence-electron chi connectivity index (χ2n) is 4.94. The van der Waals surface area contributed by atoms with Crippen LogP contribution in [-0.2, 0) is 4.79 Å². The van der Waals surface area contributed by atoms with Gasteiger partial charge in [-0.2, -0.15) is 5.10 Å². The van der Waals surface area contributed by atoms with Crippen molar-refractivity contribution in [2.24, 2.45) is 5.92 Å². The molecule has 2 aromatic rings. The van der Waals surface area contributed by atoms with Gasteiger partial charge in [-0.3, -0.25) is 4.79 Å². The van der Waals surface area contributed by atoms with E-state index in [1.165, 1.54) is 0 Å². The van der Waals surface area contributed by atoms with Crippen molar-refractivity contribution in [1.82, 2.24) is 14.6 Å². The number of anilines is 1. The number of carboxylic acid groups (broad SMARTS) is 1. The molecule has 2 aromatic heterocycles. The van der Waals surface area contributed by atoms with Crippen molar-refractivity contribution in [1.29, 1.82) is 0 Å². The summed E-state index contributed by atoms with van der Waals surface area (Å²) in [6.07, 6.45) is 7.43. The number of carboxylic acids is 1. The molecule has 0 atom stereocenters. The molecule has 0 aliphatic carbocycles. The number of aliphatic carboxylic acids is 1. The van der Waals surface area contributed by atoms with Gasteiger partial charge in [0.05, 0.1) is 6.20 Å². The molecule has 1 fully saturated rings. The highest BCUT2D eigenvalue weighted by atomic mass is 16.4. The van der Waals surface area contributed by atoms with Gasteiger partial charge >= 0.3 is 5.97 Å². The Bertz CT molecular complexity index is 587. The van der Waals surface area contributed by atoms with E-state index in [9.17, 15) is 4.79 Å². The zero-order valence-electron chi connectivity index (χ0n) is 10.6. The Morgan fingerprint density at radius 2 is 2.16 bits per heavy atom. The first-order chi connectivity index (χ1) is 9.24. The number of hydrogen-bond donors (Lipinski definition) is 1. The highest BCUT2D eigenvalue weighted by Gasteiger charge is 2.23. The molecule has 3 rings (SSSR count). The molecular weight excluding hydrogens is 244 g/mol. The summed E-state index contributed by atoms with van der Waals surface area (Å²) in [5.41, 5.74) is 0.999. The van der Waals surface area contributed by atoms with E-state index in [0.29, 0.717) is 5.92 Å². The third-order valence-electron chi connectivity index (χ3n) is 3.68. The van der Waals surface area contributed by atoms with Crippen LogP contribution in [0.15, 0.2) is 24.7 Å². The van der Waals surface area contributed by atoms with Gasteiger partial charge in [-0.15, -0.1) is 0 Å². The van der Waals surface area contributed by atoms with Crippen molar-refractivity contribution in [3.8, 4) is 0 Å². The number of nitrogens with zero attached hydrogens (tertiary/aromatic N) is 4. The van der Waals surface area contributed by atoms with E-state index >= 15 is 0 Å². The lowest BCUT2D eigenvalue weighted by Crippen LogP contribution is -2.35. The molecule has 0 saturated carbocycles. The number of fused-ring (bicyclic) bond motifs is 1. The van der Waals surface area contributed by atoms with Gasteiger partial charge in [-0.05, 0) is 24.8 Å². The predicted molar refractivity (Wildman–Crippen MR) is 70.2 cm³/mol. The average Bonchev–Trinajstić information content (AvgIpc) is 2.87. The van der Waals surface area contributed by atoms with Crippen molar-refractivity contribution in [2.75, 3.05) is 18.0 Å². The van der Waals surface area contributed by atoms with Crippen LogP contribution in [0.3, 0.4) is 0 Å². The van der Waals surface area contributed by atoms with Gasteiger partial charge in [0.2, 0.25) is 0 Å². The van der Waals surface area contributed by atoms with Crippen molar-refractivity contribution in [3.05, 3.63) is 24.7 Å². The number of hydrogen-bond acceptors (Lipinski definition) is 4. The van der Waals surface area contributed by atoms with Gasteiger partial charge in [-0.25, -0.2) is 9.50 Å². The van der Waals surface area contributed by atoms with Crippen molar-refractivity contribution < 1.29 is 9.90 Å². The Labute approximate surface area is 110 Å². The Morgan fingerprint density at radius 3 is 2.89 bits per heavy atom. The lowest BCUT2D eigenvalue weighted by Gasteiger charge is -2.32. The fraction of sp³-hybridized carbons (Fsp3) is 0.462. The van der Waals surface area contributed by atoms with Crippen LogP contribution in [0.4, 0.5) is 5.82 Å². The van der Waals surface area contributed by atoms with Gasteiger partial charge < -0.3 is 10.0 Å². The minimum absolute atomic E-state index is 0.276. The van der Waals surface area contributed by atoms with Gasteiger partial charge in [0, 0.05) is 31.9 Å². The lowest BCUT2D eigenvalue weighted by molar-refractivity contribution is -0.138. The zero-order chi connectivity index (χ0) is 13.2. The number of aromatic nitrogens is 3. The van der Waals surface area contributed by atoms with Crippen LogP contribution < -0.4 is 4.90 Å². The predicted octanol–water partition coefficient (Wildman–Crippen LogP) is 1.42. The summed E-state index contributed by atoms with van der Waals surface area (Å²) < 4.78 is 1.81. The highest BCUT2D eigenvalue weighted by molar-refractivity contribution is 5.69. The van der Waals surface area contributed by atoms with E-state index in [0.717, 1.165) is 37.3 Å². The molecule has 1 N–H and O–H groups in total. The zero-order valence-corrected chi connectivity index (χ0v) is 10.6. The topological polar surface area (TPSA) is 70.7 Å². The fourth-order valence-corrected chi connectivity index (χ4v) is 2.68. The average molecular weight is 260 g/mol. The second kappa shape index (κ2) is 4.87. The molecule has 0 amide bonds. The molecule has 0 radical (unpaired) electrons. The van der Waals surface area contributed by atoms with E-state index in [4.69, 9.17) is 5.11 Å². The smallest absolute Gasteiger partial charge is 0.303 e. The third-order valence-corrected chi connectivity index (χ3v) is 3.68. The quantitative estimate of drug-likeness (QED) is 0.903. The monoisotopic (exact) mass is 260 g/mol. The van der Waals surface area contributed by atoms with Crippen LogP contribution in [0, 0.1) is 5.92 Å². The summed E-state index contributed by atoms with van der Waals surface area (Å²) >= 11 is 0. The van der Waals surface area contributed by atoms with Crippen LogP contribution in [0.2, 0.25) is 0 Å². The molecule has 100 valence electrons. The van der Waals surface area contributed by atoms with E-state index in [-0.39, 0.29) is 6.42 Å². The maximum absolute atomic E-state index is 10.7. The van der Waals surface area contributed by atoms with E-state index in [1.807, 2.05) is 16.8 Å². The minimum Gasteiger partial charge on any atom is -0.481 e. The molecule has 0 spiro atoms. The SMILES string of the molecule is O=C(O)CC1CCN(c2nccn3nccc23)CC1. The van der Waals surface area contributed by atoms with Gasteiger partial charge in [0.25, 0.3) is 0 Å². The summed E-state index contributed by atoms with van der Waals surface area (Å²) in [5.74, 6) is 0.529. The molecule has 1 aliphatic rings. The molecule has 0 bridgehead atoms. The summed E-state index contributed by atoms with van der Waals surface area (Å²) in [7, 11) is 0. The van der Waals surface area contributed by atoms with Crippen LogP contribution in [0.1, 0.15) is 19.3 Å². The molecule has 6 heteroatoms. The number of piperidine rings is 1. The Kier molecular flexibility index (Phi) is 3.06. The second-order valence-corrected chi connectivity index (χ2v) is 4.94. The first-order valence-electron chi connectivity index (χ1n) is 6.49. The van der Waals surface area contributed by atoms with Crippen LogP contribution >= 0.6 is 0 Å². The first kappa shape index (κ1) is 12.0. The normalized spacial score (nSPS) is 16.9. The molecule has 0 unspecified atom stereocenters. The molecule has 1 saturated heterocycles. The van der Waals surface area contributed by atoms with Gasteiger partial charge in [0.15, 0.2) is 5.82 Å². The number of carbonyl (C=O) groups is 1. The molecular formula is C13H16N4O2. The maximum Gasteiger partial charge on any atom is 0.303 e. The van der Waals surface area contributed by atoms with Crippen LogP contribution in [0.5, 0.6) is 0 Å².